The fourth-order valence-electron chi connectivity index (χ4n) is 0.0747. The van der Waals surface area contributed by atoms with E-state index in [1.165, 1.54) is 6.92 Å². The molecule has 34 valence electrons. The van der Waals surface area contributed by atoms with Crippen LogP contribution in [0.5, 0.6) is 0 Å². The van der Waals surface area contributed by atoms with Crippen molar-refractivity contribution in [2.24, 2.45) is 5.11 Å². The molecule has 0 aromatic heterocycles. The van der Waals surface area contributed by atoms with Gasteiger partial charge >= 0.3 is 0 Å². The van der Waals surface area contributed by atoms with Crippen molar-refractivity contribution in [3.63, 3.8) is 0 Å². The summed E-state index contributed by atoms with van der Waals surface area (Å²) in [5, 5.41) is 11.0. The first-order valence-electron chi connectivity index (χ1n) is 1.49. The number of azide groups is 1. The molecule has 0 fully saturated rings. The molecular formula is C2H5N3O. The van der Waals surface area contributed by atoms with E-state index in [-0.39, 0.29) is 0 Å². The van der Waals surface area contributed by atoms with E-state index in [0.29, 0.717) is 0 Å². The third-order valence-electron chi connectivity index (χ3n) is 0.219. The number of hydrogen-bond donors (Lipinski definition) is 1. The van der Waals surface area contributed by atoms with Crippen LogP contribution in [0.3, 0.4) is 0 Å². The zero-order chi connectivity index (χ0) is 4.99. The van der Waals surface area contributed by atoms with Crippen LogP contribution in [0.2, 0.25) is 0 Å². The van der Waals surface area contributed by atoms with Crippen LogP contribution >= 0.6 is 0 Å². The minimum atomic E-state index is -0.894. The summed E-state index contributed by atoms with van der Waals surface area (Å²) in [4.78, 5) is 2.31. The normalized spacial score (nSPS) is 12.3. The van der Waals surface area contributed by atoms with E-state index in [1.54, 1.807) is 0 Å². The number of rotatable bonds is 1. The lowest BCUT2D eigenvalue weighted by Crippen LogP contribution is -1.88. The molecule has 0 aliphatic heterocycles. The molecule has 4 nitrogen and oxygen atoms in total. The highest BCUT2D eigenvalue weighted by Gasteiger charge is 1.79. The minimum Gasteiger partial charge on any atom is -0.387 e. The van der Waals surface area contributed by atoms with Gasteiger partial charge in [-0.05, 0) is 12.5 Å². The van der Waals surface area contributed by atoms with Gasteiger partial charge in [0, 0.05) is 4.91 Å². The lowest BCUT2D eigenvalue weighted by molar-refractivity contribution is 0.203. The maximum Gasteiger partial charge on any atom is 0.130 e. The van der Waals surface area contributed by atoms with Crippen LogP contribution in [-0.2, 0) is 0 Å². The van der Waals surface area contributed by atoms with Gasteiger partial charge in [0.05, 0.1) is 0 Å². The first-order chi connectivity index (χ1) is 2.77. The van der Waals surface area contributed by atoms with Crippen LogP contribution in [0.15, 0.2) is 5.11 Å². The number of aliphatic hydroxyl groups is 1. The van der Waals surface area contributed by atoms with Crippen molar-refractivity contribution < 1.29 is 5.11 Å². The molecule has 0 bridgehead atoms. The Bertz CT molecular complexity index is 72.9. The molecule has 0 aliphatic rings. The minimum absolute atomic E-state index is 0.894. The largest absolute Gasteiger partial charge is 0.387 e. The van der Waals surface area contributed by atoms with Crippen molar-refractivity contribution in [3.05, 3.63) is 10.4 Å². The Morgan fingerprint density at radius 1 is 2.00 bits per heavy atom. The summed E-state index contributed by atoms with van der Waals surface area (Å²) in [6, 6.07) is 0. The Morgan fingerprint density at radius 2 is 2.50 bits per heavy atom. The van der Waals surface area contributed by atoms with Crippen molar-refractivity contribution >= 4 is 0 Å². The predicted octanol–water partition coefficient (Wildman–Crippen LogP) is 0.635. The van der Waals surface area contributed by atoms with Gasteiger partial charge in [0.25, 0.3) is 0 Å². The van der Waals surface area contributed by atoms with Crippen LogP contribution < -0.4 is 0 Å². The average molecular weight is 87.1 g/mol. The first-order valence-corrected chi connectivity index (χ1v) is 1.49. The zero-order valence-corrected chi connectivity index (χ0v) is 3.37. The predicted molar refractivity (Wildman–Crippen MR) is 20.8 cm³/mol. The van der Waals surface area contributed by atoms with E-state index in [2.05, 4.69) is 10.0 Å². The molecule has 0 saturated heterocycles. The van der Waals surface area contributed by atoms with Crippen molar-refractivity contribution in [1.82, 2.24) is 0 Å². The maximum absolute atomic E-state index is 8.13. The standard InChI is InChI=1S/C2H5N3O/c1-2(6)4-5-3/h2,6H,1H3/t2-/m0/s1. The summed E-state index contributed by atoms with van der Waals surface area (Å²) in [7, 11) is 0. The number of hydrogen-bond acceptors (Lipinski definition) is 2. The van der Waals surface area contributed by atoms with E-state index in [1.807, 2.05) is 0 Å². The van der Waals surface area contributed by atoms with Crippen molar-refractivity contribution in [2.45, 2.75) is 13.2 Å². The molecule has 0 radical (unpaired) electrons. The topological polar surface area (TPSA) is 69.0 Å². The molecule has 0 spiro atoms. The quantitative estimate of drug-likeness (QED) is 0.284. The van der Waals surface area contributed by atoms with Gasteiger partial charge in [-0.25, -0.2) is 0 Å². The van der Waals surface area contributed by atoms with Crippen molar-refractivity contribution in [3.8, 4) is 0 Å². The summed E-state index contributed by atoms with van der Waals surface area (Å²) in [5.74, 6) is 0. The smallest absolute Gasteiger partial charge is 0.130 e. The third kappa shape index (κ3) is 3.27. The Labute approximate surface area is 35.0 Å². The van der Waals surface area contributed by atoms with E-state index in [0.717, 1.165) is 0 Å². The van der Waals surface area contributed by atoms with Gasteiger partial charge in [0.15, 0.2) is 0 Å². The summed E-state index contributed by atoms with van der Waals surface area (Å²) in [6.45, 7) is 1.39. The van der Waals surface area contributed by atoms with Gasteiger partial charge in [-0.1, -0.05) is 5.11 Å². The molecule has 0 unspecified atom stereocenters. The third-order valence-corrected chi connectivity index (χ3v) is 0.219. The van der Waals surface area contributed by atoms with Crippen LogP contribution in [0.25, 0.3) is 10.4 Å². The Balaban J connectivity index is 3.29. The van der Waals surface area contributed by atoms with Crippen molar-refractivity contribution in [2.75, 3.05) is 0 Å². The van der Waals surface area contributed by atoms with Gasteiger partial charge in [0.1, 0.15) is 6.23 Å². The lowest BCUT2D eigenvalue weighted by Gasteiger charge is -1.82. The number of nitrogens with zero attached hydrogens (tertiary/aromatic N) is 3. The molecule has 0 amide bonds. The van der Waals surface area contributed by atoms with Gasteiger partial charge in [-0.3, -0.25) is 0 Å². The second-order valence-corrected chi connectivity index (χ2v) is 0.837. The van der Waals surface area contributed by atoms with Crippen molar-refractivity contribution in [1.29, 1.82) is 0 Å². The summed E-state index contributed by atoms with van der Waals surface area (Å²) in [5.41, 5.74) is 7.54. The molecule has 0 rings (SSSR count). The molecular weight excluding hydrogens is 82.0 g/mol. The van der Waals surface area contributed by atoms with E-state index >= 15 is 0 Å². The first kappa shape index (κ1) is 5.27. The van der Waals surface area contributed by atoms with Crippen LogP contribution in [0, 0.1) is 0 Å². The monoisotopic (exact) mass is 87.0 g/mol. The lowest BCUT2D eigenvalue weighted by atomic mass is 10.7. The molecule has 0 aliphatic carbocycles. The van der Waals surface area contributed by atoms with Crippen LogP contribution in [-0.4, -0.2) is 11.3 Å². The Kier molecular flexibility index (Phi) is 2.20. The fourth-order valence-corrected chi connectivity index (χ4v) is 0.0747. The Morgan fingerprint density at radius 3 is 2.50 bits per heavy atom. The second-order valence-electron chi connectivity index (χ2n) is 0.837. The highest BCUT2D eigenvalue weighted by atomic mass is 16.3. The molecule has 0 saturated carbocycles. The van der Waals surface area contributed by atoms with Gasteiger partial charge in [-0.2, -0.15) is 0 Å². The molecule has 1 atom stereocenters. The average Bonchev–Trinajstić information content (AvgIpc) is 1.35. The van der Waals surface area contributed by atoms with Gasteiger partial charge < -0.3 is 5.11 Å². The molecule has 1 N–H and O–H groups in total. The molecule has 0 heterocycles. The highest BCUT2D eigenvalue weighted by molar-refractivity contribution is 4.42. The SMILES string of the molecule is C[C@H](O)N=[N+]=[N-]. The number of aliphatic hydroxyl groups excluding tert-OH is 1. The van der Waals surface area contributed by atoms with Gasteiger partial charge in [-0.15, -0.1) is 0 Å². The van der Waals surface area contributed by atoms with E-state index in [9.17, 15) is 0 Å². The Hall–Kier alpha value is -0.730. The highest BCUT2D eigenvalue weighted by Crippen LogP contribution is 1.77. The summed E-state index contributed by atoms with van der Waals surface area (Å²) < 4.78 is 0. The maximum atomic E-state index is 8.13. The van der Waals surface area contributed by atoms with Crippen LogP contribution in [0.1, 0.15) is 6.92 Å². The molecule has 6 heavy (non-hydrogen) atoms. The van der Waals surface area contributed by atoms with E-state index < -0.39 is 6.23 Å². The summed E-state index contributed by atoms with van der Waals surface area (Å²) in [6.07, 6.45) is -0.894. The summed E-state index contributed by atoms with van der Waals surface area (Å²) >= 11 is 0. The molecule has 0 aromatic rings. The second kappa shape index (κ2) is 2.50. The molecule has 4 heteroatoms. The van der Waals surface area contributed by atoms with Gasteiger partial charge in [0.2, 0.25) is 0 Å². The van der Waals surface area contributed by atoms with E-state index in [4.69, 9.17) is 10.6 Å². The zero-order valence-electron chi connectivity index (χ0n) is 3.37. The molecule has 0 aromatic carbocycles. The van der Waals surface area contributed by atoms with Crippen LogP contribution in [0.4, 0.5) is 0 Å². The fraction of sp³-hybridized carbons (Fsp3) is 1.00.